The van der Waals surface area contributed by atoms with Crippen LogP contribution >= 0.6 is 11.3 Å². The van der Waals surface area contributed by atoms with Gasteiger partial charge in [-0.3, -0.25) is 0 Å². The molecular formula is C24H24N2O3S. The molecular weight excluding hydrogens is 396 g/mol. The van der Waals surface area contributed by atoms with Crippen LogP contribution < -0.4 is 14.2 Å². The summed E-state index contributed by atoms with van der Waals surface area (Å²) in [6.45, 7) is 5.22. The fourth-order valence-corrected chi connectivity index (χ4v) is 4.78. The average molecular weight is 421 g/mol. The van der Waals surface area contributed by atoms with Gasteiger partial charge in [0, 0.05) is 17.5 Å². The number of thiophene rings is 1. The molecule has 0 saturated carbocycles. The summed E-state index contributed by atoms with van der Waals surface area (Å²) in [7, 11) is 0. The zero-order valence-corrected chi connectivity index (χ0v) is 17.9. The molecule has 3 aromatic rings. The van der Waals surface area contributed by atoms with Gasteiger partial charge in [-0.2, -0.15) is 5.10 Å². The molecule has 30 heavy (non-hydrogen) atoms. The van der Waals surface area contributed by atoms with Crippen LogP contribution in [-0.2, 0) is 0 Å². The molecule has 5 nitrogen and oxygen atoms in total. The molecule has 2 atom stereocenters. The Bertz CT molecular complexity index is 1050. The SMILES string of the molecule is CCOc1ccc(C2Oc3c(OCC)cccc3C3CC(c4cccs4)=NN32)cc1. The quantitative estimate of drug-likeness (QED) is 0.506. The van der Waals surface area contributed by atoms with E-state index in [1.165, 1.54) is 4.88 Å². The molecule has 154 valence electrons. The first kappa shape index (κ1) is 19.0. The highest BCUT2D eigenvalue weighted by molar-refractivity contribution is 7.12. The molecule has 2 aromatic carbocycles. The van der Waals surface area contributed by atoms with E-state index in [1.54, 1.807) is 11.3 Å². The van der Waals surface area contributed by atoms with Crippen LogP contribution in [0.25, 0.3) is 0 Å². The number of hydrogen-bond donors (Lipinski definition) is 0. The monoisotopic (exact) mass is 420 g/mol. The highest BCUT2D eigenvalue weighted by Gasteiger charge is 2.42. The molecule has 0 fully saturated rings. The first-order valence-corrected chi connectivity index (χ1v) is 11.2. The van der Waals surface area contributed by atoms with Crippen molar-refractivity contribution in [3.63, 3.8) is 0 Å². The summed E-state index contributed by atoms with van der Waals surface area (Å²) < 4.78 is 18.0. The van der Waals surface area contributed by atoms with Gasteiger partial charge in [-0.25, -0.2) is 5.01 Å². The number of nitrogens with zero attached hydrogens (tertiary/aromatic N) is 2. The van der Waals surface area contributed by atoms with E-state index >= 15 is 0 Å². The third-order valence-electron chi connectivity index (χ3n) is 5.36. The Kier molecular flexibility index (Phi) is 5.09. The maximum absolute atomic E-state index is 6.54. The fourth-order valence-electron chi connectivity index (χ4n) is 4.06. The third kappa shape index (κ3) is 3.31. The van der Waals surface area contributed by atoms with Crippen molar-refractivity contribution in [1.29, 1.82) is 0 Å². The summed E-state index contributed by atoms with van der Waals surface area (Å²) in [6, 6.07) is 18.5. The lowest BCUT2D eigenvalue weighted by Crippen LogP contribution is -2.33. The second-order valence-corrected chi connectivity index (χ2v) is 8.15. The molecule has 0 radical (unpaired) electrons. The highest BCUT2D eigenvalue weighted by atomic mass is 32.1. The van der Waals surface area contributed by atoms with Gasteiger partial charge in [-0.05, 0) is 55.6 Å². The van der Waals surface area contributed by atoms with Crippen LogP contribution in [0.1, 0.15) is 48.5 Å². The molecule has 0 N–H and O–H groups in total. The predicted molar refractivity (Wildman–Crippen MR) is 119 cm³/mol. The Morgan fingerprint density at radius 2 is 1.87 bits per heavy atom. The number of rotatable bonds is 6. The minimum absolute atomic E-state index is 0.114. The Balaban J connectivity index is 1.57. The van der Waals surface area contributed by atoms with Crippen molar-refractivity contribution in [1.82, 2.24) is 5.01 Å². The van der Waals surface area contributed by atoms with Gasteiger partial charge in [0.05, 0.1) is 29.8 Å². The lowest BCUT2D eigenvalue weighted by atomic mass is 9.97. The first-order valence-electron chi connectivity index (χ1n) is 10.3. The number of para-hydroxylation sites is 1. The molecule has 0 saturated heterocycles. The summed E-state index contributed by atoms with van der Waals surface area (Å²) in [4.78, 5) is 1.21. The number of fused-ring (bicyclic) bond motifs is 3. The Morgan fingerprint density at radius 1 is 1.03 bits per heavy atom. The molecule has 2 aliphatic heterocycles. The van der Waals surface area contributed by atoms with Crippen LogP contribution in [0.2, 0.25) is 0 Å². The van der Waals surface area contributed by atoms with Crippen molar-refractivity contribution >= 4 is 17.0 Å². The molecule has 0 bridgehead atoms. The molecule has 2 unspecified atom stereocenters. The van der Waals surface area contributed by atoms with Crippen LogP contribution in [0.5, 0.6) is 17.2 Å². The van der Waals surface area contributed by atoms with Gasteiger partial charge in [0.2, 0.25) is 6.23 Å². The zero-order chi connectivity index (χ0) is 20.5. The maximum Gasteiger partial charge on any atom is 0.214 e. The van der Waals surface area contributed by atoms with Gasteiger partial charge in [-0.15, -0.1) is 11.3 Å². The second-order valence-electron chi connectivity index (χ2n) is 7.20. The van der Waals surface area contributed by atoms with E-state index in [1.807, 2.05) is 38.1 Å². The fraction of sp³-hybridized carbons (Fsp3) is 0.292. The first-order chi connectivity index (χ1) is 14.8. The topological polar surface area (TPSA) is 43.3 Å². The van der Waals surface area contributed by atoms with E-state index in [2.05, 4.69) is 40.7 Å². The minimum Gasteiger partial charge on any atom is -0.494 e. The lowest BCUT2D eigenvalue weighted by Gasteiger charge is -2.38. The van der Waals surface area contributed by atoms with Crippen LogP contribution in [-0.4, -0.2) is 23.9 Å². The summed E-state index contributed by atoms with van der Waals surface area (Å²) in [5.41, 5.74) is 3.26. The van der Waals surface area contributed by atoms with Gasteiger partial charge in [0.15, 0.2) is 11.5 Å². The van der Waals surface area contributed by atoms with E-state index < -0.39 is 0 Å². The van der Waals surface area contributed by atoms with Crippen molar-refractivity contribution in [3.05, 3.63) is 76.0 Å². The van der Waals surface area contributed by atoms with Crippen LogP contribution in [0.4, 0.5) is 0 Å². The average Bonchev–Trinajstić information content (AvgIpc) is 3.45. The number of hydrogen-bond acceptors (Lipinski definition) is 6. The molecule has 2 aliphatic rings. The van der Waals surface area contributed by atoms with Crippen molar-refractivity contribution in [3.8, 4) is 17.2 Å². The van der Waals surface area contributed by atoms with E-state index in [0.717, 1.165) is 40.5 Å². The van der Waals surface area contributed by atoms with Crippen LogP contribution in [0, 0.1) is 0 Å². The van der Waals surface area contributed by atoms with Gasteiger partial charge in [0.25, 0.3) is 0 Å². The molecule has 1 aromatic heterocycles. The zero-order valence-electron chi connectivity index (χ0n) is 17.1. The Hall–Kier alpha value is -2.99. The highest BCUT2D eigenvalue weighted by Crippen LogP contribution is 2.51. The minimum atomic E-state index is -0.322. The van der Waals surface area contributed by atoms with Crippen molar-refractivity contribution < 1.29 is 14.2 Å². The maximum atomic E-state index is 6.54. The van der Waals surface area contributed by atoms with E-state index in [0.29, 0.717) is 13.2 Å². The predicted octanol–water partition coefficient (Wildman–Crippen LogP) is 5.79. The summed E-state index contributed by atoms with van der Waals surface area (Å²) in [5, 5.41) is 9.20. The number of benzene rings is 2. The normalized spacial score (nSPS) is 19.5. The van der Waals surface area contributed by atoms with Crippen LogP contribution in [0.3, 0.4) is 0 Å². The molecule has 3 heterocycles. The summed E-state index contributed by atoms with van der Waals surface area (Å²) in [6.07, 6.45) is 0.525. The standard InChI is InChI=1S/C24H24N2O3S/c1-3-27-17-12-10-16(11-13-17)24-26-20(15-19(25-26)22-9-6-14-30-22)18-7-5-8-21(28-4-2)23(18)29-24/h5-14,20,24H,3-4,15H2,1-2H3. The molecule has 5 rings (SSSR count). The number of hydrazone groups is 1. The van der Waals surface area contributed by atoms with Gasteiger partial charge in [-0.1, -0.05) is 18.2 Å². The Morgan fingerprint density at radius 3 is 2.60 bits per heavy atom. The molecule has 0 spiro atoms. The summed E-state index contributed by atoms with van der Waals surface area (Å²) in [5.74, 6) is 2.46. The van der Waals surface area contributed by atoms with E-state index in [9.17, 15) is 0 Å². The summed E-state index contributed by atoms with van der Waals surface area (Å²) >= 11 is 1.72. The largest absolute Gasteiger partial charge is 0.494 e. The van der Waals surface area contributed by atoms with Gasteiger partial charge >= 0.3 is 0 Å². The third-order valence-corrected chi connectivity index (χ3v) is 6.28. The van der Waals surface area contributed by atoms with E-state index in [4.69, 9.17) is 19.3 Å². The lowest BCUT2D eigenvalue weighted by molar-refractivity contribution is -0.0212. The van der Waals surface area contributed by atoms with Gasteiger partial charge in [0.1, 0.15) is 5.75 Å². The molecule has 6 heteroatoms. The van der Waals surface area contributed by atoms with E-state index in [-0.39, 0.29) is 12.3 Å². The second kappa shape index (κ2) is 8.03. The number of ether oxygens (including phenoxy) is 3. The Labute approximate surface area is 180 Å². The van der Waals surface area contributed by atoms with Crippen molar-refractivity contribution in [2.75, 3.05) is 13.2 Å². The van der Waals surface area contributed by atoms with Crippen molar-refractivity contribution in [2.45, 2.75) is 32.5 Å². The smallest absolute Gasteiger partial charge is 0.214 e. The molecule has 0 aliphatic carbocycles. The van der Waals surface area contributed by atoms with Crippen LogP contribution in [0.15, 0.2) is 65.1 Å². The van der Waals surface area contributed by atoms with Crippen molar-refractivity contribution in [2.24, 2.45) is 5.10 Å². The van der Waals surface area contributed by atoms with Gasteiger partial charge < -0.3 is 14.2 Å². The molecule has 0 amide bonds.